The van der Waals surface area contributed by atoms with Gasteiger partial charge in [0.1, 0.15) is 0 Å². The minimum atomic E-state index is 0.975. The number of fused-ring (bicyclic) bond motifs is 6. The second-order valence-electron chi connectivity index (χ2n) is 7.32. The van der Waals surface area contributed by atoms with E-state index >= 15 is 0 Å². The van der Waals surface area contributed by atoms with Crippen molar-refractivity contribution in [1.82, 2.24) is 0 Å². The van der Waals surface area contributed by atoms with Crippen molar-refractivity contribution in [3.63, 3.8) is 0 Å². The molecule has 2 N–H and O–H groups in total. The lowest BCUT2D eigenvalue weighted by Gasteiger charge is -2.20. The van der Waals surface area contributed by atoms with Crippen molar-refractivity contribution in [1.29, 1.82) is 0 Å². The molecule has 0 amide bonds. The molecule has 0 fully saturated rings. The molecule has 0 saturated carbocycles. The average Bonchev–Trinajstić information content (AvgIpc) is 3.30. The Morgan fingerprint density at radius 2 is 1.36 bits per heavy atom. The summed E-state index contributed by atoms with van der Waals surface area (Å²) in [5.74, 6) is 6.54. The predicted molar refractivity (Wildman–Crippen MR) is 120 cm³/mol. The molecule has 134 valence electrons. The van der Waals surface area contributed by atoms with Gasteiger partial charge in [-0.05, 0) is 59.0 Å². The van der Waals surface area contributed by atoms with Crippen LogP contribution in [0.3, 0.4) is 0 Å². The molecule has 0 aliphatic heterocycles. The molecule has 0 saturated heterocycles. The topological polar surface area (TPSA) is 29.3 Å². The van der Waals surface area contributed by atoms with Gasteiger partial charge in [-0.3, -0.25) is 5.01 Å². The van der Waals surface area contributed by atoms with Gasteiger partial charge in [-0.1, -0.05) is 54.6 Å². The molecule has 0 unspecified atom stereocenters. The van der Waals surface area contributed by atoms with E-state index in [0.717, 1.165) is 17.8 Å². The van der Waals surface area contributed by atoms with Gasteiger partial charge >= 0.3 is 0 Å². The van der Waals surface area contributed by atoms with Gasteiger partial charge in [-0.2, -0.15) is 0 Å². The molecular weight excluding hydrogens is 360 g/mol. The second-order valence-corrected chi connectivity index (χ2v) is 8.41. The molecule has 1 aliphatic rings. The number of nitrogens with zero attached hydrogens (tertiary/aromatic N) is 1. The van der Waals surface area contributed by atoms with E-state index in [4.69, 9.17) is 5.84 Å². The summed E-state index contributed by atoms with van der Waals surface area (Å²) in [6.45, 7) is 0. The van der Waals surface area contributed by atoms with Gasteiger partial charge in [0.05, 0.1) is 11.4 Å². The van der Waals surface area contributed by atoms with Crippen LogP contribution in [-0.2, 0) is 6.42 Å². The lowest BCUT2D eigenvalue weighted by Crippen LogP contribution is -2.24. The van der Waals surface area contributed by atoms with Gasteiger partial charge in [0, 0.05) is 20.2 Å². The summed E-state index contributed by atoms with van der Waals surface area (Å²) in [6.07, 6.45) is 0.975. The smallest absolute Gasteiger partial charge is 0.0589 e. The van der Waals surface area contributed by atoms with Crippen LogP contribution in [0.25, 0.3) is 31.3 Å². The first-order valence-electron chi connectivity index (χ1n) is 9.45. The lowest BCUT2D eigenvalue weighted by atomic mass is 10.1. The molecule has 0 atom stereocenters. The monoisotopic (exact) mass is 378 g/mol. The zero-order valence-electron chi connectivity index (χ0n) is 15.2. The number of benzene rings is 4. The van der Waals surface area contributed by atoms with E-state index < -0.39 is 0 Å². The van der Waals surface area contributed by atoms with Gasteiger partial charge < -0.3 is 0 Å². The van der Waals surface area contributed by atoms with Crippen molar-refractivity contribution in [2.24, 2.45) is 5.84 Å². The summed E-state index contributed by atoms with van der Waals surface area (Å²) in [5, 5.41) is 4.41. The van der Waals surface area contributed by atoms with Gasteiger partial charge in [-0.25, -0.2) is 5.84 Å². The van der Waals surface area contributed by atoms with E-state index in [-0.39, 0.29) is 0 Å². The van der Waals surface area contributed by atoms with E-state index in [1.54, 1.807) is 5.01 Å². The Kier molecular flexibility index (Phi) is 3.36. The molecule has 2 nitrogen and oxygen atoms in total. The van der Waals surface area contributed by atoms with Crippen LogP contribution in [0.15, 0.2) is 84.9 Å². The Labute approximate surface area is 167 Å². The third-order valence-electron chi connectivity index (χ3n) is 5.70. The highest BCUT2D eigenvalue weighted by Gasteiger charge is 2.19. The minimum absolute atomic E-state index is 0.975. The maximum atomic E-state index is 6.54. The Morgan fingerprint density at radius 1 is 0.643 bits per heavy atom. The fraction of sp³-hybridized carbons (Fsp3) is 0.0400. The summed E-state index contributed by atoms with van der Waals surface area (Å²) in [5.41, 5.74) is 7.44. The maximum Gasteiger partial charge on any atom is 0.0589 e. The standard InChI is InChI=1S/C25H18N2S/c26-27(18-9-11-21-17(14-18)13-16-5-1-2-6-20(16)21)19-10-12-23-22-7-3-4-8-24(22)28-25(23)15-19/h1-12,14-15H,13,26H2. The summed E-state index contributed by atoms with van der Waals surface area (Å²) in [4.78, 5) is 0. The van der Waals surface area contributed by atoms with E-state index in [9.17, 15) is 0 Å². The van der Waals surface area contributed by atoms with Crippen molar-refractivity contribution >= 4 is 42.9 Å². The highest BCUT2D eigenvalue weighted by molar-refractivity contribution is 7.25. The van der Waals surface area contributed by atoms with E-state index in [2.05, 4.69) is 84.9 Å². The zero-order chi connectivity index (χ0) is 18.7. The van der Waals surface area contributed by atoms with Gasteiger partial charge in [0.2, 0.25) is 0 Å². The van der Waals surface area contributed by atoms with Crippen molar-refractivity contribution in [2.45, 2.75) is 6.42 Å². The van der Waals surface area contributed by atoms with Crippen molar-refractivity contribution in [2.75, 3.05) is 5.01 Å². The first-order chi connectivity index (χ1) is 13.8. The normalized spacial score (nSPS) is 12.3. The lowest BCUT2D eigenvalue weighted by molar-refractivity contribution is 1.08. The summed E-state index contributed by atoms with van der Waals surface area (Å²) in [7, 11) is 0. The molecule has 28 heavy (non-hydrogen) atoms. The van der Waals surface area contributed by atoms with Gasteiger partial charge in [-0.15, -0.1) is 11.3 Å². The average molecular weight is 379 g/mol. The predicted octanol–water partition coefficient (Wildman–Crippen LogP) is 6.64. The van der Waals surface area contributed by atoms with Crippen molar-refractivity contribution < 1.29 is 0 Å². The van der Waals surface area contributed by atoms with Crippen LogP contribution in [0.5, 0.6) is 0 Å². The molecule has 4 aromatic carbocycles. The Morgan fingerprint density at radius 3 is 2.32 bits per heavy atom. The third kappa shape index (κ3) is 2.30. The highest BCUT2D eigenvalue weighted by atomic mass is 32.1. The fourth-order valence-electron chi connectivity index (χ4n) is 4.29. The van der Waals surface area contributed by atoms with E-state index in [0.29, 0.717) is 0 Å². The van der Waals surface area contributed by atoms with E-state index in [1.807, 2.05) is 11.3 Å². The number of nitrogens with two attached hydrogens (primary N) is 1. The summed E-state index contributed by atoms with van der Waals surface area (Å²) >= 11 is 1.82. The number of anilines is 2. The molecule has 1 aliphatic carbocycles. The SMILES string of the molecule is NN(c1ccc2c(c1)Cc1ccccc1-2)c1ccc2c(c1)sc1ccccc12. The number of hydrogen-bond acceptors (Lipinski definition) is 3. The van der Waals surface area contributed by atoms with Crippen LogP contribution < -0.4 is 10.9 Å². The second kappa shape index (κ2) is 5.93. The molecular formula is C25H18N2S. The number of thiophene rings is 1. The van der Waals surface area contributed by atoms with Crippen LogP contribution in [-0.4, -0.2) is 0 Å². The fourth-order valence-corrected chi connectivity index (χ4v) is 5.43. The summed E-state index contributed by atoms with van der Waals surface area (Å²) in [6, 6.07) is 30.2. The Bertz CT molecular complexity index is 1370. The van der Waals surface area contributed by atoms with Crippen LogP contribution in [0.2, 0.25) is 0 Å². The quantitative estimate of drug-likeness (QED) is 0.270. The molecule has 1 aromatic heterocycles. The zero-order valence-corrected chi connectivity index (χ0v) is 16.0. The molecule has 3 heteroatoms. The molecule has 0 bridgehead atoms. The molecule has 1 heterocycles. The third-order valence-corrected chi connectivity index (χ3v) is 6.83. The molecule has 0 spiro atoms. The molecule has 6 rings (SSSR count). The van der Waals surface area contributed by atoms with Crippen LogP contribution in [0.1, 0.15) is 11.1 Å². The van der Waals surface area contributed by atoms with Crippen LogP contribution in [0.4, 0.5) is 11.4 Å². The van der Waals surface area contributed by atoms with Crippen molar-refractivity contribution in [3.8, 4) is 11.1 Å². The van der Waals surface area contributed by atoms with Gasteiger partial charge in [0.25, 0.3) is 0 Å². The molecule has 5 aromatic rings. The Balaban J connectivity index is 1.41. The number of hydrazine groups is 1. The number of rotatable bonds is 2. The first-order valence-corrected chi connectivity index (χ1v) is 10.3. The Hall–Kier alpha value is -3.14. The van der Waals surface area contributed by atoms with Crippen LogP contribution >= 0.6 is 11.3 Å². The van der Waals surface area contributed by atoms with Crippen LogP contribution in [0, 0.1) is 0 Å². The first kappa shape index (κ1) is 15.9. The van der Waals surface area contributed by atoms with E-state index in [1.165, 1.54) is 42.4 Å². The van der Waals surface area contributed by atoms with Crippen molar-refractivity contribution in [3.05, 3.63) is 96.1 Å². The highest BCUT2D eigenvalue weighted by Crippen LogP contribution is 2.40. The number of hydrogen-bond donors (Lipinski definition) is 1. The molecule has 0 radical (unpaired) electrons. The summed E-state index contributed by atoms with van der Waals surface area (Å²) < 4.78 is 2.58. The van der Waals surface area contributed by atoms with Gasteiger partial charge in [0.15, 0.2) is 0 Å². The largest absolute Gasteiger partial charge is 0.280 e. The minimum Gasteiger partial charge on any atom is -0.280 e. The maximum absolute atomic E-state index is 6.54.